The normalized spacial score (nSPS) is 10.1. The van der Waals surface area contributed by atoms with Crippen molar-refractivity contribution >= 4 is 17.3 Å². The van der Waals surface area contributed by atoms with Crippen LogP contribution in [0.4, 0.5) is 11.4 Å². The summed E-state index contributed by atoms with van der Waals surface area (Å²) in [5.74, 6) is 0.882. The number of anilines is 1. The number of nitrogens with one attached hydrogen (secondary N) is 1. The Balaban J connectivity index is 2.17. The highest BCUT2D eigenvalue weighted by Crippen LogP contribution is 2.26. The first-order chi connectivity index (χ1) is 11.4. The Hall–Kier alpha value is -3.09. The Morgan fingerprint density at radius 1 is 1.17 bits per heavy atom. The first-order valence-electron chi connectivity index (χ1n) is 7.20. The van der Waals surface area contributed by atoms with Gasteiger partial charge in [0.2, 0.25) is 5.91 Å². The standard InChI is InChI=1S/C17H18N2O5/c1-11-4-6-13(19(21)22)9-15(11)18-17(20)8-12-5-7-14(23-2)10-16(12)24-3/h4-7,9-10H,8H2,1-3H3,(H,18,20). The van der Waals surface area contributed by atoms with E-state index < -0.39 is 4.92 Å². The number of ether oxygens (including phenoxy) is 2. The molecule has 0 aliphatic rings. The molecule has 0 radical (unpaired) electrons. The van der Waals surface area contributed by atoms with Gasteiger partial charge in [0.15, 0.2) is 0 Å². The highest BCUT2D eigenvalue weighted by molar-refractivity contribution is 5.93. The first kappa shape index (κ1) is 17.3. The maximum absolute atomic E-state index is 12.3. The van der Waals surface area contributed by atoms with E-state index in [2.05, 4.69) is 5.32 Å². The molecule has 0 bridgehead atoms. The summed E-state index contributed by atoms with van der Waals surface area (Å²) < 4.78 is 10.4. The first-order valence-corrected chi connectivity index (χ1v) is 7.20. The van der Waals surface area contributed by atoms with Crippen LogP contribution in [-0.4, -0.2) is 25.1 Å². The van der Waals surface area contributed by atoms with Gasteiger partial charge < -0.3 is 14.8 Å². The number of nitro groups is 1. The molecule has 0 saturated carbocycles. The third-order valence-electron chi connectivity index (χ3n) is 3.55. The fourth-order valence-electron chi connectivity index (χ4n) is 2.22. The SMILES string of the molecule is COc1ccc(CC(=O)Nc2cc([N+](=O)[O-])ccc2C)c(OC)c1. The topological polar surface area (TPSA) is 90.7 Å². The summed E-state index contributed by atoms with van der Waals surface area (Å²) in [6.07, 6.45) is 0.0787. The van der Waals surface area contributed by atoms with Gasteiger partial charge in [-0.2, -0.15) is 0 Å². The van der Waals surface area contributed by atoms with E-state index in [9.17, 15) is 14.9 Å². The van der Waals surface area contributed by atoms with E-state index in [1.54, 1.807) is 38.3 Å². The number of non-ortho nitro benzene ring substituents is 1. The summed E-state index contributed by atoms with van der Waals surface area (Å²) in [4.78, 5) is 22.6. The smallest absolute Gasteiger partial charge is 0.271 e. The lowest BCUT2D eigenvalue weighted by molar-refractivity contribution is -0.384. The van der Waals surface area contributed by atoms with Crippen molar-refractivity contribution in [3.05, 3.63) is 57.6 Å². The van der Waals surface area contributed by atoms with Gasteiger partial charge in [-0.3, -0.25) is 14.9 Å². The van der Waals surface area contributed by atoms with Gasteiger partial charge in [0.1, 0.15) is 11.5 Å². The van der Waals surface area contributed by atoms with Gasteiger partial charge in [0, 0.05) is 23.8 Å². The van der Waals surface area contributed by atoms with Crippen LogP contribution < -0.4 is 14.8 Å². The average Bonchev–Trinajstić information content (AvgIpc) is 2.56. The molecule has 1 amide bonds. The van der Waals surface area contributed by atoms with Crippen LogP contribution in [0.3, 0.4) is 0 Å². The molecule has 2 rings (SSSR count). The molecule has 7 nitrogen and oxygen atoms in total. The molecule has 126 valence electrons. The molecule has 0 unspecified atom stereocenters. The van der Waals surface area contributed by atoms with Crippen molar-refractivity contribution in [3.63, 3.8) is 0 Å². The number of hydrogen-bond acceptors (Lipinski definition) is 5. The van der Waals surface area contributed by atoms with Crippen molar-refractivity contribution in [2.45, 2.75) is 13.3 Å². The maximum Gasteiger partial charge on any atom is 0.271 e. The average molecular weight is 330 g/mol. The van der Waals surface area contributed by atoms with Crippen LogP contribution >= 0.6 is 0 Å². The summed E-state index contributed by atoms with van der Waals surface area (Å²) in [6, 6.07) is 9.53. The number of hydrogen-bond donors (Lipinski definition) is 1. The van der Waals surface area contributed by atoms with Crippen LogP contribution in [-0.2, 0) is 11.2 Å². The Kier molecular flexibility index (Phi) is 5.36. The third kappa shape index (κ3) is 4.01. The number of aryl methyl sites for hydroxylation is 1. The monoisotopic (exact) mass is 330 g/mol. The number of carbonyl (C=O) groups is 1. The summed E-state index contributed by atoms with van der Waals surface area (Å²) in [6.45, 7) is 1.77. The molecule has 0 spiro atoms. The van der Waals surface area contributed by atoms with Crippen molar-refractivity contribution in [1.29, 1.82) is 0 Å². The van der Waals surface area contributed by atoms with Gasteiger partial charge in [-0.15, -0.1) is 0 Å². The molecular weight excluding hydrogens is 312 g/mol. The van der Waals surface area contributed by atoms with Gasteiger partial charge in [-0.05, 0) is 18.6 Å². The fourth-order valence-corrected chi connectivity index (χ4v) is 2.22. The second kappa shape index (κ2) is 7.45. The second-order valence-electron chi connectivity index (χ2n) is 5.16. The fraction of sp³-hybridized carbons (Fsp3) is 0.235. The molecule has 0 atom stereocenters. The molecule has 0 aliphatic carbocycles. The molecule has 7 heteroatoms. The predicted molar refractivity (Wildman–Crippen MR) is 89.7 cm³/mol. The zero-order chi connectivity index (χ0) is 17.7. The molecule has 0 saturated heterocycles. The molecule has 0 fully saturated rings. The number of amides is 1. The number of methoxy groups -OCH3 is 2. The van der Waals surface area contributed by atoms with Gasteiger partial charge in [0.05, 0.1) is 31.3 Å². The van der Waals surface area contributed by atoms with Crippen molar-refractivity contribution in [3.8, 4) is 11.5 Å². The summed E-state index contributed by atoms with van der Waals surface area (Å²) in [5.41, 5.74) is 1.79. The molecule has 2 aromatic rings. The van der Waals surface area contributed by atoms with E-state index in [1.807, 2.05) is 0 Å². The molecule has 0 aromatic heterocycles. The number of benzene rings is 2. The van der Waals surface area contributed by atoms with E-state index in [0.29, 0.717) is 22.7 Å². The van der Waals surface area contributed by atoms with E-state index >= 15 is 0 Å². The van der Waals surface area contributed by atoms with E-state index in [4.69, 9.17) is 9.47 Å². The lowest BCUT2D eigenvalue weighted by Crippen LogP contribution is -2.15. The minimum atomic E-state index is -0.498. The van der Waals surface area contributed by atoms with E-state index in [-0.39, 0.29) is 18.0 Å². The lowest BCUT2D eigenvalue weighted by Gasteiger charge is -2.11. The van der Waals surface area contributed by atoms with Crippen LogP contribution in [0.1, 0.15) is 11.1 Å². The van der Waals surface area contributed by atoms with Crippen LogP contribution in [0, 0.1) is 17.0 Å². The molecule has 24 heavy (non-hydrogen) atoms. The molecule has 0 heterocycles. The molecular formula is C17H18N2O5. The quantitative estimate of drug-likeness (QED) is 0.649. The zero-order valence-corrected chi connectivity index (χ0v) is 13.7. The van der Waals surface area contributed by atoms with Crippen molar-refractivity contribution in [2.75, 3.05) is 19.5 Å². The van der Waals surface area contributed by atoms with Crippen molar-refractivity contribution in [2.24, 2.45) is 0 Å². The maximum atomic E-state index is 12.3. The Bertz CT molecular complexity index is 774. The Morgan fingerprint density at radius 2 is 1.92 bits per heavy atom. The summed E-state index contributed by atoms with van der Waals surface area (Å²) in [7, 11) is 3.06. The number of nitrogens with zero attached hydrogens (tertiary/aromatic N) is 1. The number of nitro benzene ring substituents is 1. The van der Waals surface area contributed by atoms with Gasteiger partial charge in [-0.25, -0.2) is 0 Å². The van der Waals surface area contributed by atoms with Gasteiger partial charge >= 0.3 is 0 Å². The van der Waals surface area contributed by atoms with Crippen LogP contribution in [0.15, 0.2) is 36.4 Å². The zero-order valence-electron chi connectivity index (χ0n) is 13.7. The minimum absolute atomic E-state index is 0.0714. The van der Waals surface area contributed by atoms with Crippen molar-refractivity contribution in [1.82, 2.24) is 0 Å². The largest absolute Gasteiger partial charge is 0.497 e. The lowest BCUT2D eigenvalue weighted by atomic mass is 10.1. The number of carbonyl (C=O) groups excluding carboxylic acids is 1. The van der Waals surface area contributed by atoms with E-state index in [1.165, 1.54) is 19.2 Å². The highest BCUT2D eigenvalue weighted by Gasteiger charge is 2.13. The third-order valence-corrected chi connectivity index (χ3v) is 3.55. The van der Waals surface area contributed by atoms with Crippen LogP contribution in [0.5, 0.6) is 11.5 Å². The Morgan fingerprint density at radius 3 is 2.54 bits per heavy atom. The second-order valence-corrected chi connectivity index (χ2v) is 5.16. The van der Waals surface area contributed by atoms with Crippen molar-refractivity contribution < 1.29 is 19.2 Å². The summed E-state index contributed by atoms with van der Waals surface area (Å²) in [5, 5.41) is 13.6. The molecule has 0 aliphatic heterocycles. The van der Waals surface area contributed by atoms with E-state index in [0.717, 1.165) is 5.56 Å². The van der Waals surface area contributed by atoms with Crippen LogP contribution in [0.25, 0.3) is 0 Å². The highest BCUT2D eigenvalue weighted by atomic mass is 16.6. The predicted octanol–water partition coefficient (Wildman–Crippen LogP) is 3.10. The summed E-state index contributed by atoms with van der Waals surface area (Å²) >= 11 is 0. The van der Waals surface area contributed by atoms with Crippen LogP contribution in [0.2, 0.25) is 0 Å². The van der Waals surface area contributed by atoms with Gasteiger partial charge in [0.25, 0.3) is 5.69 Å². The molecule has 2 aromatic carbocycles. The number of rotatable bonds is 6. The molecule has 1 N–H and O–H groups in total. The Labute approximate surface area is 139 Å². The minimum Gasteiger partial charge on any atom is -0.497 e. The van der Waals surface area contributed by atoms with Gasteiger partial charge in [-0.1, -0.05) is 12.1 Å².